The summed E-state index contributed by atoms with van der Waals surface area (Å²) in [5.74, 6) is 1.04. The van der Waals surface area contributed by atoms with Crippen LogP contribution in [0, 0.1) is 5.92 Å². The number of nitrogens with zero attached hydrogens (tertiary/aromatic N) is 3. The minimum atomic E-state index is -0.0526. The van der Waals surface area contributed by atoms with Gasteiger partial charge in [0.2, 0.25) is 5.88 Å². The van der Waals surface area contributed by atoms with Crippen LogP contribution in [0.5, 0.6) is 5.88 Å². The highest BCUT2D eigenvalue weighted by molar-refractivity contribution is 5.94. The second kappa shape index (κ2) is 6.36. The van der Waals surface area contributed by atoms with E-state index in [1.54, 1.807) is 0 Å². The number of amidine groups is 1. The second-order valence-corrected chi connectivity index (χ2v) is 4.83. The number of ether oxygens (including phenoxy) is 1. The molecule has 1 heterocycles. The summed E-state index contributed by atoms with van der Waals surface area (Å²) >= 11 is 0. The number of nitrogens with two attached hydrogens (primary N) is 1. The quantitative estimate of drug-likeness (QED) is 0.375. The molecular formula is C13H20N4O2. The summed E-state index contributed by atoms with van der Waals surface area (Å²) in [5.41, 5.74) is 5.77. The fourth-order valence-corrected chi connectivity index (χ4v) is 2.51. The van der Waals surface area contributed by atoms with Gasteiger partial charge < -0.3 is 15.7 Å². The maximum Gasteiger partial charge on any atom is 0.232 e. The molecule has 1 aromatic heterocycles. The third kappa shape index (κ3) is 3.33. The van der Waals surface area contributed by atoms with Gasteiger partial charge in [0.25, 0.3) is 0 Å². The molecule has 104 valence electrons. The Hall–Kier alpha value is -1.85. The molecule has 2 atom stereocenters. The standard InChI is InChI=1S/C13H20N4O2/c1-2-9-5-3-4-6-11(9)19-12-8-15-10(7-16-12)13(14)17-18/h7-9,11,18H,2-6H2,1H3,(H2,14,17). The van der Waals surface area contributed by atoms with Gasteiger partial charge in [-0.2, -0.15) is 0 Å². The molecule has 0 aromatic carbocycles. The van der Waals surface area contributed by atoms with Crippen molar-refractivity contribution in [3.8, 4) is 5.88 Å². The Kier molecular flexibility index (Phi) is 4.54. The fourth-order valence-electron chi connectivity index (χ4n) is 2.51. The van der Waals surface area contributed by atoms with Crippen LogP contribution in [0.15, 0.2) is 17.5 Å². The van der Waals surface area contributed by atoms with Gasteiger partial charge in [-0.25, -0.2) is 9.97 Å². The predicted molar refractivity (Wildman–Crippen MR) is 71.2 cm³/mol. The van der Waals surface area contributed by atoms with E-state index < -0.39 is 0 Å². The van der Waals surface area contributed by atoms with E-state index in [2.05, 4.69) is 22.0 Å². The zero-order valence-corrected chi connectivity index (χ0v) is 11.1. The summed E-state index contributed by atoms with van der Waals surface area (Å²) in [7, 11) is 0. The van der Waals surface area contributed by atoms with Gasteiger partial charge in [-0.05, 0) is 31.6 Å². The SMILES string of the molecule is CCC1CCCCC1Oc1cnc(C(N)=NO)cn1. The first-order chi connectivity index (χ1) is 9.24. The molecule has 6 heteroatoms. The minimum absolute atomic E-state index is 0.0526. The Morgan fingerprint density at radius 1 is 1.42 bits per heavy atom. The molecule has 1 fully saturated rings. The Labute approximate surface area is 112 Å². The third-order valence-electron chi connectivity index (χ3n) is 3.63. The molecule has 2 rings (SSSR count). The molecule has 0 radical (unpaired) electrons. The van der Waals surface area contributed by atoms with Gasteiger partial charge in [0.1, 0.15) is 11.8 Å². The summed E-state index contributed by atoms with van der Waals surface area (Å²) < 4.78 is 5.91. The van der Waals surface area contributed by atoms with Gasteiger partial charge in [-0.1, -0.05) is 18.5 Å². The van der Waals surface area contributed by atoms with E-state index in [1.807, 2.05) is 0 Å². The normalized spacial score (nSPS) is 24.2. The lowest BCUT2D eigenvalue weighted by molar-refractivity contribution is 0.0854. The van der Waals surface area contributed by atoms with Crippen molar-refractivity contribution in [2.45, 2.75) is 45.1 Å². The molecule has 0 saturated heterocycles. The van der Waals surface area contributed by atoms with E-state index >= 15 is 0 Å². The summed E-state index contributed by atoms with van der Waals surface area (Å²) in [6, 6.07) is 0. The van der Waals surface area contributed by atoms with Crippen LogP contribution >= 0.6 is 0 Å². The molecule has 1 saturated carbocycles. The van der Waals surface area contributed by atoms with E-state index in [-0.39, 0.29) is 11.9 Å². The summed E-state index contributed by atoms with van der Waals surface area (Å²) in [5, 5.41) is 11.4. The monoisotopic (exact) mass is 264 g/mol. The summed E-state index contributed by atoms with van der Waals surface area (Å²) in [6.07, 6.45) is 9.11. The maximum absolute atomic E-state index is 8.55. The first kappa shape index (κ1) is 13.6. The highest BCUT2D eigenvalue weighted by Crippen LogP contribution is 2.29. The number of oxime groups is 1. The van der Waals surface area contributed by atoms with Gasteiger partial charge in [0.15, 0.2) is 5.84 Å². The molecule has 2 unspecified atom stereocenters. The Bertz CT molecular complexity index is 433. The molecule has 1 aliphatic carbocycles. The molecule has 19 heavy (non-hydrogen) atoms. The van der Waals surface area contributed by atoms with E-state index in [0.29, 0.717) is 17.5 Å². The van der Waals surface area contributed by atoms with Crippen molar-refractivity contribution in [3.05, 3.63) is 18.1 Å². The Morgan fingerprint density at radius 2 is 2.21 bits per heavy atom. The Balaban J connectivity index is 2.02. The van der Waals surface area contributed by atoms with Crippen LogP contribution in [-0.4, -0.2) is 27.1 Å². The fraction of sp³-hybridized carbons (Fsp3) is 0.615. The largest absolute Gasteiger partial charge is 0.473 e. The minimum Gasteiger partial charge on any atom is -0.473 e. The first-order valence-electron chi connectivity index (χ1n) is 6.71. The number of hydrogen-bond donors (Lipinski definition) is 2. The van der Waals surface area contributed by atoms with Crippen molar-refractivity contribution in [2.24, 2.45) is 16.8 Å². The smallest absolute Gasteiger partial charge is 0.232 e. The molecule has 0 amide bonds. The Morgan fingerprint density at radius 3 is 2.84 bits per heavy atom. The number of hydrogen-bond acceptors (Lipinski definition) is 5. The first-order valence-corrected chi connectivity index (χ1v) is 6.71. The second-order valence-electron chi connectivity index (χ2n) is 4.83. The molecule has 3 N–H and O–H groups in total. The van der Waals surface area contributed by atoms with Crippen LogP contribution in [0.25, 0.3) is 0 Å². The molecule has 1 aromatic rings. The third-order valence-corrected chi connectivity index (χ3v) is 3.63. The summed E-state index contributed by atoms with van der Waals surface area (Å²) in [4.78, 5) is 8.22. The zero-order chi connectivity index (χ0) is 13.7. The van der Waals surface area contributed by atoms with Crippen molar-refractivity contribution in [1.82, 2.24) is 9.97 Å². The van der Waals surface area contributed by atoms with Crippen molar-refractivity contribution in [3.63, 3.8) is 0 Å². The van der Waals surface area contributed by atoms with Crippen LogP contribution in [-0.2, 0) is 0 Å². The molecule has 0 bridgehead atoms. The van der Waals surface area contributed by atoms with Crippen molar-refractivity contribution in [2.75, 3.05) is 0 Å². The van der Waals surface area contributed by atoms with E-state index in [4.69, 9.17) is 15.7 Å². The lowest BCUT2D eigenvalue weighted by Gasteiger charge is -2.30. The predicted octanol–water partition coefficient (Wildman–Crippen LogP) is 1.92. The zero-order valence-electron chi connectivity index (χ0n) is 11.1. The lowest BCUT2D eigenvalue weighted by atomic mass is 9.85. The maximum atomic E-state index is 8.55. The van der Waals surface area contributed by atoms with Crippen LogP contribution in [0.3, 0.4) is 0 Å². The van der Waals surface area contributed by atoms with Gasteiger partial charge in [0, 0.05) is 0 Å². The van der Waals surface area contributed by atoms with E-state index in [9.17, 15) is 0 Å². The molecule has 1 aliphatic rings. The average Bonchev–Trinajstić information content (AvgIpc) is 2.48. The van der Waals surface area contributed by atoms with Gasteiger partial charge in [-0.15, -0.1) is 0 Å². The number of aromatic nitrogens is 2. The van der Waals surface area contributed by atoms with Crippen LogP contribution < -0.4 is 10.5 Å². The van der Waals surface area contributed by atoms with Gasteiger partial charge >= 0.3 is 0 Å². The summed E-state index contributed by atoms with van der Waals surface area (Å²) in [6.45, 7) is 2.19. The molecule has 0 aliphatic heterocycles. The molecular weight excluding hydrogens is 244 g/mol. The highest BCUT2D eigenvalue weighted by Gasteiger charge is 2.25. The topological polar surface area (TPSA) is 93.6 Å². The average molecular weight is 264 g/mol. The number of rotatable bonds is 4. The lowest BCUT2D eigenvalue weighted by Crippen LogP contribution is -2.30. The van der Waals surface area contributed by atoms with Crippen LogP contribution in [0.4, 0.5) is 0 Å². The van der Waals surface area contributed by atoms with E-state index in [0.717, 1.165) is 12.8 Å². The highest BCUT2D eigenvalue weighted by atomic mass is 16.5. The van der Waals surface area contributed by atoms with Crippen molar-refractivity contribution in [1.29, 1.82) is 0 Å². The molecule has 6 nitrogen and oxygen atoms in total. The van der Waals surface area contributed by atoms with Gasteiger partial charge in [0.05, 0.1) is 12.4 Å². The van der Waals surface area contributed by atoms with Crippen LogP contribution in [0.1, 0.15) is 44.7 Å². The van der Waals surface area contributed by atoms with Crippen molar-refractivity contribution < 1.29 is 9.94 Å². The van der Waals surface area contributed by atoms with Gasteiger partial charge in [-0.3, -0.25) is 0 Å². The van der Waals surface area contributed by atoms with Crippen LogP contribution in [0.2, 0.25) is 0 Å². The molecule has 0 spiro atoms. The van der Waals surface area contributed by atoms with Crippen molar-refractivity contribution >= 4 is 5.84 Å². The van der Waals surface area contributed by atoms with E-state index in [1.165, 1.54) is 31.7 Å².